The van der Waals surface area contributed by atoms with Crippen molar-refractivity contribution in [2.45, 2.75) is 20.8 Å². The van der Waals surface area contributed by atoms with Crippen LogP contribution < -0.4 is 10.5 Å². The first-order valence-electron chi connectivity index (χ1n) is 7.26. The van der Waals surface area contributed by atoms with Crippen LogP contribution in [0, 0.1) is 6.92 Å². The lowest BCUT2D eigenvalue weighted by molar-refractivity contribution is 0.327. The van der Waals surface area contributed by atoms with Gasteiger partial charge in [0.25, 0.3) is 0 Å². The van der Waals surface area contributed by atoms with Crippen LogP contribution in [0.2, 0.25) is 0 Å². The molecule has 1 aromatic carbocycles. The Bertz CT molecular complexity index is 684. The molecule has 1 aromatic heterocycles. The Kier molecular flexibility index (Phi) is 5.31. The molecule has 0 atom stereocenters. The van der Waals surface area contributed by atoms with Crippen molar-refractivity contribution in [1.29, 1.82) is 0 Å². The van der Waals surface area contributed by atoms with Crippen LogP contribution in [0.3, 0.4) is 0 Å². The van der Waals surface area contributed by atoms with E-state index in [4.69, 9.17) is 10.5 Å². The highest BCUT2D eigenvalue weighted by Gasteiger charge is 2.03. The maximum Gasteiger partial charge on any atom is 0.213 e. The summed E-state index contributed by atoms with van der Waals surface area (Å²) in [4.78, 5) is 8.75. The van der Waals surface area contributed by atoms with E-state index < -0.39 is 0 Å². The number of aromatic nitrogens is 1. The molecule has 0 saturated heterocycles. The predicted molar refractivity (Wildman–Crippen MR) is 91.7 cm³/mol. The largest absolute Gasteiger partial charge is 0.478 e. The molecule has 0 bridgehead atoms. The number of ether oxygens (including phenoxy) is 1. The molecule has 0 radical (unpaired) electrons. The summed E-state index contributed by atoms with van der Waals surface area (Å²) >= 11 is 0. The highest BCUT2D eigenvalue weighted by molar-refractivity contribution is 5.77. The summed E-state index contributed by atoms with van der Waals surface area (Å²) in [7, 11) is 0. The summed E-state index contributed by atoms with van der Waals surface area (Å²) in [5.41, 5.74) is 10.5. The van der Waals surface area contributed by atoms with Gasteiger partial charge in [0.05, 0.1) is 12.3 Å². The molecule has 1 heterocycles. The predicted octanol–water partition coefficient (Wildman–Crippen LogP) is 4.02. The molecular weight excluding hydrogens is 274 g/mol. The van der Waals surface area contributed by atoms with Crippen LogP contribution in [0.5, 0.6) is 5.88 Å². The summed E-state index contributed by atoms with van der Waals surface area (Å²) in [5, 5.41) is 0. The molecule has 0 aliphatic heterocycles. The van der Waals surface area contributed by atoms with Crippen molar-refractivity contribution < 1.29 is 4.74 Å². The minimum Gasteiger partial charge on any atom is -0.478 e. The third kappa shape index (κ3) is 4.19. The fourth-order valence-corrected chi connectivity index (χ4v) is 1.95. The number of nitrogens with zero attached hydrogens (tertiary/aromatic N) is 2. The molecule has 0 unspecified atom stereocenters. The number of hydrogen-bond acceptors (Lipinski definition) is 4. The highest BCUT2D eigenvalue weighted by Crippen LogP contribution is 2.27. The van der Waals surface area contributed by atoms with E-state index in [9.17, 15) is 0 Å². The Balaban J connectivity index is 2.28. The standard InChI is InChI=1S/C18H21N3O/c1-4-22-18-8-7-16(12-21-18)15-6-5-13(2)17(11-15)20-10-9-14(3)19/h5-12H,4,19H2,1-3H3. The normalized spacial score (nSPS) is 11.9. The van der Waals surface area contributed by atoms with Crippen molar-refractivity contribution in [3.05, 3.63) is 53.9 Å². The minimum absolute atomic E-state index is 0.615. The van der Waals surface area contributed by atoms with Gasteiger partial charge < -0.3 is 10.5 Å². The van der Waals surface area contributed by atoms with Crippen molar-refractivity contribution in [3.63, 3.8) is 0 Å². The third-order valence-electron chi connectivity index (χ3n) is 3.12. The van der Waals surface area contributed by atoms with E-state index in [0.717, 1.165) is 28.1 Å². The summed E-state index contributed by atoms with van der Waals surface area (Å²) in [6, 6.07) is 10.0. The van der Waals surface area contributed by atoms with E-state index in [1.54, 1.807) is 12.3 Å². The molecule has 2 rings (SSSR count). The topological polar surface area (TPSA) is 60.5 Å². The zero-order valence-electron chi connectivity index (χ0n) is 13.2. The van der Waals surface area contributed by atoms with Crippen LogP contribution >= 0.6 is 0 Å². The Labute approximate surface area is 131 Å². The number of aryl methyl sites for hydroxylation is 1. The maximum absolute atomic E-state index is 5.60. The maximum atomic E-state index is 5.60. The Morgan fingerprint density at radius 1 is 1.27 bits per heavy atom. The van der Waals surface area contributed by atoms with E-state index in [2.05, 4.69) is 22.1 Å². The van der Waals surface area contributed by atoms with Gasteiger partial charge in [-0.15, -0.1) is 0 Å². The first-order valence-corrected chi connectivity index (χ1v) is 7.26. The van der Waals surface area contributed by atoms with Crippen LogP contribution in [0.25, 0.3) is 11.1 Å². The molecule has 0 aliphatic carbocycles. The zero-order chi connectivity index (χ0) is 15.9. The van der Waals surface area contributed by atoms with Gasteiger partial charge in [0.2, 0.25) is 5.88 Å². The Hall–Kier alpha value is -2.62. The second kappa shape index (κ2) is 7.41. The lowest BCUT2D eigenvalue weighted by Crippen LogP contribution is -1.93. The van der Waals surface area contributed by atoms with E-state index in [-0.39, 0.29) is 0 Å². The monoisotopic (exact) mass is 295 g/mol. The Morgan fingerprint density at radius 2 is 2.05 bits per heavy atom. The van der Waals surface area contributed by atoms with Gasteiger partial charge in [-0.2, -0.15) is 0 Å². The fourth-order valence-electron chi connectivity index (χ4n) is 1.95. The fraction of sp³-hybridized carbons (Fsp3) is 0.222. The van der Waals surface area contributed by atoms with E-state index >= 15 is 0 Å². The van der Waals surface area contributed by atoms with Crippen LogP contribution in [-0.2, 0) is 0 Å². The minimum atomic E-state index is 0.615. The average molecular weight is 295 g/mol. The molecule has 114 valence electrons. The number of rotatable bonds is 5. The Morgan fingerprint density at radius 3 is 2.68 bits per heavy atom. The molecule has 0 aliphatic rings. The van der Waals surface area contributed by atoms with E-state index in [0.29, 0.717) is 12.5 Å². The van der Waals surface area contributed by atoms with Crippen LogP contribution in [0.1, 0.15) is 19.4 Å². The van der Waals surface area contributed by atoms with Crippen molar-refractivity contribution in [2.75, 3.05) is 6.61 Å². The van der Waals surface area contributed by atoms with Gasteiger partial charge in [-0.25, -0.2) is 4.98 Å². The van der Waals surface area contributed by atoms with Crippen LogP contribution in [-0.4, -0.2) is 17.8 Å². The van der Waals surface area contributed by atoms with Gasteiger partial charge in [-0.05, 0) is 50.1 Å². The van der Waals surface area contributed by atoms with Gasteiger partial charge in [0.15, 0.2) is 0 Å². The molecule has 0 saturated carbocycles. The van der Waals surface area contributed by atoms with Crippen LogP contribution in [0.4, 0.5) is 5.69 Å². The molecule has 0 amide bonds. The number of nitrogens with two attached hydrogens (primary N) is 1. The molecule has 0 spiro atoms. The summed E-state index contributed by atoms with van der Waals surface area (Å²) in [6.45, 7) is 6.42. The van der Waals surface area contributed by atoms with Crippen molar-refractivity contribution >= 4 is 11.9 Å². The van der Waals surface area contributed by atoms with Gasteiger partial charge in [0.1, 0.15) is 0 Å². The number of benzene rings is 1. The van der Waals surface area contributed by atoms with E-state index in [1.165, 1.54) is 0 Å². The third-order valence-corrected chi connectivity index (χ3v) is 3.12. The molecule has 4 nitrogen and oxygen atoms in total. The highest BCUT2D eigenvalue weighted by atomic mass is 16.5. The molecule has 0 fully saturated rings. The van der Waals surface area contributed by atoms with Crippen LogP contribution in [0.15, 0.2) is 53.3 Å². The smallest absolute Gasteiger partial charge is 0.213 e. The second-order valence-electron chi connectivity index (χ2n) is 5.01. The first-order chi connectivity index (χ1) is 10.6. The SMILES string of the molecule is CCOc1ccc(-c2ccc(C)c(N=CC=C(C)N)c2)cn1. The van der Waals surface area contributed by atoms with E-state index in [1.807, 2.05) is 45.2 Å². The quantitative estimate of drug-likeness (QED) is 0.847. The summed E-state index contributed by atoms with van der Waals surface area (Å²) in [5.74, 6) is 0.639. The van der Waals surface area contributed by atoms with Crippen molar-refractivity contribution in [2.24, 2.45) is 10.7 Å². The van der Waals surface area contributed by atoms with Gasteiger partial charge in [-0.3, -0.25) is 4.99 Å². The number of hydrogen-bond donors (Lipinski definition) is 1. The van der Waals surface area contributed by atoms with Crippen molar-refractivity contribution in [1.82, 2.24) is 4.98 Å². The molecule has 2 N–H and O–H groups in total. The summed E-state index contributed by atoms with van der Waals surface area (Å²) in [6.07, 6.45) is 5.32. The average Bonchev–Trinajstić information content (AvgIpc) is 2.50. The van der Waals surface area contributed by atoms with Gasteiger partial charge in [-0.1, -0.05) is 12.1 Å². The summed E-state index contributed by atoms with van der Waals surface area (Å²) < 4.78 is 5.36. The number of allylic oxidation sites excluding steroid dienone is 2. The molecule has 4 heteroatoms. The second-order valence-corrected chi connectivity index (χ2v) is 5.01. The van der Waals surface area contributed by atoms with Crippen molar-refractivity contribution in [3.8, 4) is 17.0 Å². The number of aliphatic imine (C=N–C) groups is 1. The molecule has 22 heavy (non-hydrogen) atoms. The lowest BCUT2D eigenvalue weighted by Gasteiger charge is -2.07. The zero-order valence-corrected chi connectivity index (χ0v) is 13.2. The lowest BCUT2D eigenvalue weighted by atomic mass is 10.0. The van der Waals surface area contributed by atoms with Gasteiger partial charge >= 0.3 is 0 Å². The first kappa shape index (κ1) is 15.8. The van der Waals surface area contributed by atoms with Gasteiger partial charge in [0, 0.05) is 29.7 Å². The number of pyridine rings is 1. The molecular formula is C18H21N3O. The molecule has 2 aromatic rings.